The third-order valence-corrected chi connectivity index (χ3v) is 4.46. The van der Waals surface area contributed by atoms with Crippen molar-refractivity contribution in [3.63, 3.8) is 0 Å². The maximum absolute atomic E-state index is 6.01. The molecule has 19 heavy (non-hydrogen) atoms. The Morgan fingerprint density at radius 3 is 2.95 bits per heavy atom. The monoisotopic (exact) mass is 277 g/mol. The van der Waals surface area contributed by atoms with Gasteiger partial charge in [0.25, 0.3) is 0 Å². The lowest BCUT2D eigenvalue weighted by Gasteiger charge is -2.11. The summed E-state index contributed by atoms with van der Waals surface area (Å²) in [7, 11) is 0. The Hall–Kier alpha value is -1.09. The summed E-state index contributed by atoms with van der Waals surface area (Å²) < 4.78 is 2.26. The molecule has 3 rings (SSSR count). The van der Waals surface area contributed by atoms with Gasteiger partial charge in [0.15, 0.2) is 0 Å². The van der Waals surface area contributed by atoms with Crippen LogP contribution in [0.4, 0.5) is 0 Å². The van der Waals surface area contributed by atoms with E-state index < -0.39 is 0 Å². The third-order valence-electron chi connectivity index (χ3n) is 4.22. The highest BCUT2D eigenvalue weighted by molar-refractivity contribution is 6.16. The first kappa shape index (κ1) is 12.9. The first-order valence-electron chi connectivity index (χ1n) is 7.23. The van der Waals surface area contributed by atoms with Crippen LogP contribution in [0.3, 0.4) is 0 Å². The number of aromatic nitrogens is 3. The van der Waals surface area contributed by atoms with Crippen LogP contribution < -0.4 is 0 Å². The lowest BCUT2D eigenvalue weighted by Crippen LogP contribution is -2.04. The Labute approximate surface area is 119 Å². The van der Waals surface area contributed by atoms with Crippen molar-refractivity contribution in [1.29, 1.82) is 0 Å². The molecule has 2 aromatic rings. The SMILES string of the molecule is ClCc1nc2cnccc2n1CCCC1CCCC1. The summed E-state index contributed by atoms with van der Waals surface area (Å²) in [5.74, 6) is 2.39. The fourth-order valence-corrected chi connectivity index (χ4v) is 3.42. The second-order valence-electron chi connectivity index (χ2n) is 5.47. The van der Waals surface area contributed by atoms with E-state index in [0.29, 0.717) is 5.88 Å². The second-order valence-corrected chi connectivity index (χ2v) is 5.74. The second kappa shape index (κ2) is 5.91. The van der Waals surface area contributed by atoms with Gasteiger partial charge in [0.1, 0.15) is 11.3 Å². The molecule has 0 aliphatic heterocycles. The maximum atomic E-state index is 6.01. The number of hydrogen-bond donors (Lipinski definition) is 0. The molecule has 0 saturated heterocycles. The highest BCUT2D eigenvalue weighted by Gasteiger charge is 2.15. The van der Waals surface area contributed by atoms with Crippen molar-refractivity contribution in [3.05, 3.63) is 24.3 Å². The average molecular weight is 278 g/mol. The van der Waals surface area contributed by atoms with Crippen molar-refractivity contribution in [2.24, 2.45) is 5.92 Å². The summed E-state index contributed by atoms with van der Waals surface area (Å²) in [4.78, 5) is 8.68. The molecule has 0 amide bonds. The van der Waals surface area contributed by atoms with Crippen LogP contribution in [0.25, 0.3) is 11.0 Å². The van der Waals surface area contributed by atoms with Gasteiger partial charge in [0.2, 0.25) is 0 Å². The molecule has 0 atom stereocenters. The highest BCUT2D eigenvalue weighted by Crippen LogP contribution is 2.29. The van der Waals surface area contributed by atoms with Gasteiger partial charge in [-0.15, -0.1) is 11.6 Å². The number of nitrogens with zero attached hydrogens (tertiary/aromatic N) is 3. The molecule has 4 heteroatoms. The highest BCUT2D eigenvalue weighted by atomic mass is 35.5. The molecule has 1 fully saturated rings. The van der Waals surface area contributed by atoms with E-state index in [1.807, 2.05) is 18.5 Å². The molecule has 102 valence electrons. The van der Waals surface area contributed by atoms with E-state index in [-0.39, 0.29) is 0 Å². The molecule has 1 aliphatic rings. The van der Waals surface area contributed by atoms with Crippen LogP contribution in [0, 0.1) is 5.92 Å². The van der Waals surface area contributed by atoms with Crippen LogP contribution >= 0.6 is 11.6 Å². The Bertz CT molecular complexity index is 543. The van der Waals surface area contributed by atoms with Crippen LogP contribution in [0.2, 0.25) is 0 Å². The Kier molecular flexibility index (Phi) is 4.02. The molecule has 0 spiro atoms. The smallest absolute Gasteiger partial charge is 0.124 e. The van der Waals surface area contributed by atoms with Gasteiger partial charge in [-0.05, 0) is 24.8 Å². The summed E-state index contributed by atoms with van der Waals surface area (Å²) in [5.41, 5.74) is 2.12. The number of halogens is 1. The van der Waals surface area contributed by atoms with Gasteiger partial charge in [0, 0.05) is 12.7 Å². The number of aryl methyl sites for hydroxylation is 1. The van der Waals surface area contributed by atoms with Crippen molar-refractivity contribution >= 4 is 22.6 Å². The molecular weight excluding hydrogens is 258 g/mol. The number of fused-ring (bicyclic) bond motifs is 1. The lowest BCUT2D eigenvalue weighted by molar-refractivity contribution is 0.459. The number of imidazole rings is 1. The van der Waals surface area contributed by atoms with Crippen molar-refractivity contribution in [3.8, 4) is 0 Å². The molecule has 3 nitrogen and oxygen atoms in total. The third kappa shape index (κ3) is 2.76. The molecule has 0 N–H and O–H groups in total. The zero-order valence-corrected chi connectivity index (χ0v) is 11.9. The molecule has 1 saturated carbocycles. The molecule has 0 radical (unpaired) electrons. The van der Waals surface area contributed by atoms with Gasteiger partial charge >= 0.3 is 0 Å². The van der Waals surface area contributed by atoms with E-state index in [9.17, 15) is 0 Å². The van der Waals surface area contributed by atoms with Crippen LogP contribution in [-0.2, 0) is 12.4 Å². The van der Waals surface area contributed by atoms with E-state index in [1.54, 1.807) is 0 Å². The van der Waals surface area contributed by atoms with Crippen molar-refractivity contribution in [1.82, 2.24) is 14.5 Å². The predicted molar refractivity (Wildman–Crippen MR) is 78.3 cm³/mol. The first-order chi connectivity index (χ1) is 9.38. The van der Waals surface area contributed by atoms with E-state index >= 15 is 0 Å². The quantitative estimate of drug-likeness (QED) is 0.769. The van der Waals surface area contributed by atoms with E-state index in [2.05, 4.69) is 14.5 Å². The van der Waals surface area contributed by atoms with Gasteiger partial charge in [-0.2, -0.15) is 0 Å². The normalized spacial score (nSPS) is 16.5. The van der Waals surface area contributed by atoms with Gasteiger partial charge in [-0.3, -0.25) is 4.98 Å². The van der Waals surface area contributed by atoms with Crippen LogP contribution in [0.5, 0.6) is 0 Å². The lowest BCUT2D eigenvalue weighted by atomic mass is 10.0. The summed E-state index contributed by atoms with van der Waals surface area (Å²) >= 11 is 6.01. The molecule has 0 unspecified atom stereocenters. The summed E-state index contributed by atoms with van der Waals surface area (Å²) in [6, 6.07) is 2.04. The molecular formula is C15H20ClN3. The van der Waals surface area contributed by atoms with Gasteiger partial charge in [0.05, 0.1) is 17.6 Å². The number of hydrogen-bond acceptors (Lipinski definition) is 2. The van der Waals surface area contributed by atoms with E-state index in [1.165, 1.54) is 38.5 Å². The van der Waals surface area contributed by atoms with E-state index in [4.69, 9.17) is 11.6 Å². The Balaban J connectivity index is 1.71. The topological polar surface area (TPSA) is 30.7 Å². The largest absolute Gasteiger partial charge is 0.327 e. The minimum Gasteiger partial charge on any atom is -0.327 e. The van der Waals surface area contributed by atoms with Crippen molar-refractivity contribution < 1.29 is 0 Å². The standard InChI is InChI=1S/C15H20ClN3/c16-10-15-18-13-11-17-8-7-14(13)19(15)9-3-6-12-4-1-2-5-12/h7-8,11-12H,1-6,9-10H2. The minimum absolute atomic E-state index is 0.470. The summed E-state index contributed by atoms with van der Waals surface area (Å²) in [5, 5.41) is 0. The van der Waals surface area contributed by atoms with Gasteiger partial charge in [-0.25, -0.2) is 4.98 Å². The fraction of sp³-hybridized carbons (Fsp3) is 0.600. The zero-order chi connectivity index (χ0) is 13.1. The van der Waals surface area contributed by atoms with Crippen LogP contribution in [-0.4, -0.2) is 14.5 Å². The van der Waals surface area contributed by atoms with Crippen molar-refractivity contribution in [2.45, 2.75) is 50.9 Å². The zero-order valence-electron chi connectivity index (χ0n) is 11.2. The van der Waals surface area contributed by atoms with Crippen molar-refractivity contribution in [2.75, 3.05) is 0 Å². The number of rotatable bonds is 5. The summed E-state index contributed by atoms with van der Waals surface area (Å²) in [6.07, 6.45) is 11.9. The van der Waals surface area contributed by atoms with Gasteiger partial charge in [-0.1, -0.05) is 25.7 Å². The van der Waals surface area contributed by atoms with E-state index in [0.717, 1.165) is 29.3 Å². The van der Waals surface area contributed by atoms with Crippen LogP contribution in [0.1, 0.15) is 44.3 Å². The molecule has 0 aromatic carbocycles. The number of alkyl halides is 1. The Morgan fingerprint density at radius 1 is 1.32 bits per heavy atom. The fourth-order valence-electron chi connectivity index (χ4n) is 3.22. The summed E-state index contributed by atoms with van der Waals surface area (Å²) in [6.45, 7) is 1.03. The maximum Gasteiger partial charge on any atom is 0.124 e. The molecule has 1 aliphatic carbocycles. The molecule has 2 aromatic heterocycles. The molecule has 2 heterocycles. The minimum atomic E-state index is 0.470. The Morgan fingerprint density at radius 2 is 2.16 bits per heavy atom. The van der Waals surface area contributed by atoms with Gasteiger partial charge < -0.3 is 4.57 Å². The predicted octanol–water partition coefficient (Wildman–Crippen LogP) is 4.14. The number of pyridine rings is 1. The molecule has 0 bridgehead atoms. The average Bonchev–Trinajstić information content (AvgIpc) is 3.06. The van der Waals surface area contributed by atoms with Crippen LogP contribution in [0.15, 0.2) is 18.5 Å². The first-order valence-corrected chi connectivity index (χ1v) is 7.77.